The molecule has 1 amide bonds. The van der Waals surface area contributed by atoms with Crippen molar-refractivity contribution >= 4 is 33.3 Å². The monoisotopic (exact) mass is 420 g/mol. The van der Waals surface area contributed by atoms with Crippen molar-refractivity contribution in [1.82, 2.24) is 9.21 Å². The number of carbonyl (C=O) groups is 2. The van der Waals surface area contributed by atoms with Gasteiger partial charge in [-0.3, -0.25) is 9.59 Å². The summed E-state index contributed by atoms with van der Waals surface area (Å²) in [7, 11) is -3.55. The zero-order chi connectivity index (χ0) is 20.1. The van der Waals surface area contributed by atoms with Crippen LogP contribution < -0.4 is 0 Å². The number of ketones is 1. The van der Waals surface area contributed by atoms with Crippen LogP contribution in [0.3, 0.4) is 0 Å². The lowest BCUT2D eigenvalue weighted by atomic mass is 10.1. The first kappa shape index (κ1) is 20.5. The number of hydrogen-bond donors (Lipinski definition) is 0. The molecule has 1 aliphatic rings. The number of hydrogen-bond acceptors (Lipinski definition) is 4. The van der Waals surface area contributed by atoms with Crippen LogP contribution in [0.25, 0.3) is 0 Å². The highest BCUT2D eigenvalue weighted by molar-refractivity contribution is 7.89. The van der Waals surface area contributed by atoms with Crippen molar-refractivity contribution in [2.24, 2.45) is 0 Å². The fourth-order valence-electron chi connectivity index (χ4n) is 3.08. The van der Waals surface area contributed by atoms with Gasteiger partial charge in [0.2, 0.25) is 15.9 Å². The maximum atomic E-state index is 12.6. The lowest BCUT2D eigenvalue weighted by molar-refractivity contribution is -0.132. The summed E-state index contributed by atoms with van der Waals surface area (Å²) in [5.41, 5.74) is 0.524. The van der Waals surface area contributed by atoms with Crippen LogP contribution in [0.15, 0.2) is 59.5 Å². The van der Waals surface area contributed by atoms with E-state index in [-0.39, 0.29) is 42.5 Å². The Morgan fingerprint density at radius 1 is 0.857 bits per heavy atom. The minimum atomic E-state index is -3.55. The van der Waals surface area contributed by atoms with Crippen LogP contribution in [0.1, 0.15) is 23.2 Å². The van der Waals surface area contributed by atoms with Gasteiger partial charge in [-0.25, -0.2) is 8.42 Å². The van der Waals surface area contributed by atoms with Gasteiger partial charge in [0.25, 0.3) is 0 Å². The molecule has 0 bridgehead atoms. The Hall–Kier alpha value is -2.22. The number of rotatable bonds is 6. The molecule has 0 saturated carbocycles. The summed E-state index contributed by atoms with van der Waals surface area (Å²) >= 11 is 5.81. The molecule has 1 aliphatic heterocycles. The first-order chi connectivity index (χ1) is 13.4. The summed E-state index contributed by atoms with van der Waals surface area (Å²) in [5.74, 6) is -0.255. The molecule has 0 unspecified atom stereocenters. The minimum absolute atomic E-state index is 0.104. The quantitative estimate of drug-likeness (QED) is 0.673. The van der Waals surface area contributed by atoms with E-state index in [9.17, 15) is 18.0 Å². The van der Waals surface area contributed by atoms with Gasteiger partial charge in [-0.1, -0.05) is 29.8 Å². The molecular weight excluding hydrogens is 400 g/mol. The number of benzene rings is 2. The van der Waals surface area contributed by atoms with Gasteiger partial charge in [0.15, 0.2) is 5.78 Å². The Morgan fingerprint density at radius 2 is 1.46 bits per heavy atom. The van der Waals surface area contributed by atoms with Crippen LogP contribution in [0, 0.1) is 0 Å². The predicted molar refractivity (Wildman–Crippen MR) is 107 cm³/mol. The number of piperazine rings is 1. The van der Waals surface area contributed by atoms with Crippen LogP contribution in [0.4, 0.5) is 0 Å². The molecule has 0 spiro atoms. The summed E-state index contributed by atoms with van der Waals surface area (Å²) in [4.78, 5) is 26.5. The highest BCUT2D eigenvalue weighted by Crippen LogP contribution is 2.18. The molecule has 0 aromatic heterocycles. The number of nitrogens with zero attached hydrogens (tertiary/aromatic N) is 2. The Labute approximate surface area is 169 Å². The smallest absolute Gasteiger partial charge is 0.243 e. The van der Waals surface area contributed by atoms with Crippen LogP contribution in [0.5, 0.6) is 0 Å². The molecule has 148 valence electrons. The molecule has 1 fully saturated rings. The molecule has 28 heavy (non-hydrogen) atoms. The van der Waals surface area contributed by atoms with E-state index >= 15 is 0 Å². The fourth-order valence-corrected chi connectivity index (χ4v) is 4.65. The molecule has 0 radical (unpaired) electrons. The molecule has 8 heteroatoms. The van der Waals surface area contributed by atoms with Gasteiger partial charge >= 0.3 is 0 Å². The van der Waals surface area contributed by atoms with Crippen molar-refractivity contribution in [3.05, 3.63) is 65.2 Å². The lowest BCUT2D eigenvalue weighted by Crippen LogP contribution is -2.50. The van der Waals surface area contributed by atoms with E-state index in [1.54, 1.807) is 59.5 Å². The zero-order valence-corrected chi connectivity index (χ0v) is 16.8. The summed E-state index contributed by atoms with van der Waals surface area (Å²) < 4.78 is 26.6. The van der Waals surface area contributed by atoms with E-state index < -0.39 is 10.0 Å². The maximum Gasteiger partial charge on any atom is 0.243 e. The van der Waals surface area contributed by atoms with Crippen molar-refractivity contribution < 1.29 is 18.0 Å². The van der Waals surface area contributed by atoms with E-state index in [2.05, 4.69) is 0 Å². The molecular formula is C20H21ClN2O4S. The number of Topliss-reactive ketones (excluding diaryl/α,β-unsaturated/α-hetero) is 1. The summed E-state index contributed by atoms with van der Waals surface area (Å²) in [6, 6.07) is 14.8. The number of carbonyl (C=O) groups excluding carboxylic acids is 2. The van der Waals surface area contributed by atoms with E-state index in [1.165, 1.54) is 4.31 Å². The molecule has 0 aliphatic carbocycles. The average Bonchev–Trinajstić information content (AvgIpc) is 2.73. The molecule has 1 heterocycles. The van der Waals surface area contributed by atoms with Gasteiger partial charge in [0.1, 0.15) is 0 Å². The SMILES string of the molecule is O=C(CCC(=O)N1CCN(S(=O)(=O)c2ccccc2)CC1)c1ccc(Cl)cc1. The van der Waals surface area contributed by atoms with Crippen molar-refractivity contribution in [2.45, 2.75) is 17.7 Å². The summed E-state index contributed by atoms with van der Waals surface area (Å²) in [5, 5.41) is 0.552. The summed E-state index contributed by atoms with van der Waals surface area (Å²) in [6.45, 7) is 1.13. The molecule has 6 nitrogen and oxygen atoms in total. The zero-order valence-electron chi connectivity index (χ0n) is 15.3. The number of amides is 1. The second-order valence-electron chi connectivity index (χ2n) is 6.53. The lowest BCUT2D eigenvalue weighted by Gasteiger charge is -2.34. The first-order valence-electron chi connectivity index (χ1n) is 8.99. The Kier molecular flexibility index (Phi) is 6.49. The summed E-state index contributed by atoms with van der Waals surface area (Å²) in [6.07, 6.45) is 0.218. The molecule has 1 saturated heterocycles. The second-order valence-corrected chi connectivity index (χ2v) is 8.90. The Morgan fingerprint density at radius 3 is 2.07 bits per heavy atom. The first-order valence-corrected chi connectivity index (χ1v) is 10.8. The van der Waals surface area contributed by atoms with Crippen molar-refractivity contribution in [3.8, 4) is 0 Å². The van der Waals surface area contributed by atoms with Crippen LogP contribution in [-0.4, -0.2) is 55.5 Å². The number of sulfonamides is 1. The maximum absolute atomic E-state index is 12.6. The van der Waals surface area contributed by atoms with Crippen molar-refractivity contribution in [2.75, 3.05) is 26.2 Å². The largest absolute Gasteiger partial charge is 0.340 e. The third kappa shape index (κ3) is 4.79. The Balaban J connectivity index is 1.51. The van der Waals surface area contributed by atoms with E-state index in [1.807, 2.05) is 0 Å². The minimum Gasteiger partial charge on any atom is -0.340 e. The van der Waals surface area contributed by atoms with Gasteiger partial charge in [-0.15, -0.1) is 0 Å². The molecule has 2 aromatic rings. The predicted octanol–water partition coefficient (Wildman–Crippen LogP) is 2.84. The normalized spacial score (nSPS) is 15.4. The van der Waals surface area contributed by atoms with Crippen molar-refractivity contribution in [3.63, 3.8) is 0 Å². The average molecular weight is 421 g/mol. The van der Waals surface area contributed by atoms with Gasteiger partial charge in [0.05, 0.1) is 4.90 Å². The fraction of sp³-hybridized carbons (Fsp3) is 0.300. The van der Waals surface area contributed by atoms with Crippen molar-refractivity contribution in [1.29, 1.82) is 0 Å². The Bertz CT molecular complexity index is 938. The van der Waals surface area contributed by atoms with Gasteiger partial charge in [0, 0.05) is 49.6 Å². The van der Waals surface area contributed by atoms with E-state index in [0.29, 0.717) is 23.7 Å². The third-order valence-electron chi connectivity index (χ3n) is 4.70. The van der Waals surface area contributed by atoms with Gasteiger partial charge in [-0.2, -0.15) is 4.31 Å². The van der Waals surface area contributed by atoms with Crippen LogP contribution >= 0.6 is 11.6 Å². The second kappa shape index (κ2) is 8.86. The molecule has 3 rings (SSSR count). The van der Waals surface area contributed by atoms with Crippen LogP contribution in [-0.2, 0) is 14.8 Å². The van der Waals surface area contributed by atoms with Gasteiger partial charge < -0.3 is 4.90 Å². The molecule has 0 N–H and O–H groups in total. The molecule has 2 aromatic carbocycles. The topological polar surface area (TPSA) is 74.8 Å². The standard InChI is InChI=1S/C20H21ClN2O4S/c21-17-8-6-16(7-9-17)19(24)10-11-20(25)22-12-14-23(15-13-22)28(26,27)18-4-2-1-3-5-18/h1-9H,10-15H2. The van der Waals surface area contributed by atoms with E-state index in [0.717, 1.165) is 0 Å². The highest BCUT2D eigenvalue weighted by Gasteiger charge is 2.29. The third-order valence-corrected chi connectivity index (χ3v) is 6.87. The van der Waals surface area contributed by atoms with Gasteiger partial charge in [-0.05, 0) is 36.4 Å². The molecule has 0 atom stereocenters. The van der Waals surface area contributed by atoms with E-state index in [4.69, 9.17) is 11.6 Å². The number of halogens is 1. The van der Waals surface area contributed by atoms with Crippen LogP contribution in [0.2, 0.25) is 5.02 Å². The highest BCUT2D eigenvalue weighted by atomic mass is 35.5.